The summed E-state index contributed by atoms with van der Waals surface area (Å²) >= 11 is 2.05. The SMILES string of the molecule is c1ccc(C2=N[C@@H]3C[C@H]4CCCC[C@@H]4C[C@@H]3S2)cc1. The van der Waals surface area contributed by atoms with Gasteiger partial charge in [0.1, 0.15) is 0 Å². The van der Waals surface area contributed by atoms with E-state index in [1.165, 1.54) is 49.1 Å². The van der Waals surface area contributed by atoms with Gasteiger partial charge in [-0.3, -0.25) is 4.99 Å². The van der Waals surface area contributed by atoms with E-state index in [1.54, 1.807) is 0 Å². The van der Waals surface area contributed by atoms with Crippen LogP contribution in [-0.2, 0) is 0 Å². The highest BCUT2D eigenvalue weighted by Gasteiger charge is 2.41. The zero-order chi connectivity index (χ0) is 12.7. The Labute approximate surface area is 119 Å². The Morgan fingerprint density at radius 1 is 0.947 bits per heavy atom. The summed E-state index contributed by atoms with van der Waals surface area (Å²) in [7, 11) is 0. The highest BCUT2D eigenvalue weighted by molar-refractivity contribution is 8.15. The summed E-state index contributed by atoms with van der Waals surface area (Å²) in [5.74, 6) is 1.99. The lowest BCUT2D eigenvalue weighted by Crippen LogP contribution is -2.36. The van der Waals surface area contributed by atoms with Gasteiger partial charge in [0.05, 0.1) is 11.1 Å². The Balaban J connectivity index is 1.54. The molecule has 1 aliphatic heterocycles. The highest BCUT2D eigenvalue weighted by atomic mass is 32.2. The Kier molecular flexibility index (Phi) is 3.14. The van der Waals surface area contributed by atoms with Crippen LogP contribution in [0.2, 0.25) is 0 Å². The van der Waals surface area contributed by atoms with Crippen LogP contribution in [0.3, 0.4) is 0 Å². The second-order valence-electron chi connectivity index (χ2n) is 6.30. The minimum atomic E-state index is 0.611. The maximum absolute atomic E-state index is 5.05. The van der Waals surface area contributed by atoms with E-state index in [1.807, 2.05) is 0 Å². The summed E-state index contributed by atoms with van der Waals surface area (Å²) in [6.07, 6.45) is 8.65. The first-order valence-electron chi connectivity index (χ1n) is 7.70. The predicted octanol–water partition coefficient (Wildman–Crippen LogP) is 4.52. The van der Waals surface area contributed by atoms with Gasteiger partial charge in [0.25, 0.3) is 0 Å². The number of rotatable bonds is 1. The minimum Gasteiger partial charge on any atom is -0.273 e. The molecule has 2 saturated carbocycles. The van der Waals surface area contributed by atoms with Crippen molar-refractivity contribution in [1.29, 1.82) is 0 Å². The molecule has 2 aliphatic carbocycles. The fraction of sp³-hybridized carbons (Fsp3) is 0.588. The van der Waals surface area contributed by atoms with Crippen molar-refractivity contribution in [3.63, 3.8) is 0 Å². The molecule has 0 unspecified atom stereocenters. The van der Waals surface area contributed by atoms with Gasteiger partial charge in [-0.25, -0.2) is 0 Å². The number of hydrogen-bond acceptors (Lipinski definition) is 2. The second kappa shape index (κ2) is 4.97. The monoisotopic (exact) mass is 271 g/mol. The van der Waals surface area contributed by atoms with Crippen LogP contribution in [0.1, 0.15) is 44.1 Å². The topological polar surface area (TPSA) is 12.4 Å². The lowest BCUT2D eigenvalue weighted by Gasteiger charge is -2.40. The van der Waals surface area contributed by atoms with Crippen LogP contribution < -0.4 is 0 Å². The number of nitrogens with zero attached hydrogens (tertiary/aromatic N) is 1. The molecule has 2 heteroatoms. The van der Waals surface area contributed by atoms with E-state index in [2.05, 4.69) is 42.1 Å². The van der Waals surface area contributed by atoms with Gasteiger partial charge in [-0.1, -0.05) is 56.0 Å². The quantitative estimate of drug-likeness (QED) is 0.731. The van der Waals surface area contributed by atoms with Gasteiger partial charge in [-0.2, -0.15) is 0 Å². The van der Waals surface area contributed by atoms with Crippen LogP contribution in [0.25, 0.3) is 0 Å². The van der Waals surface area contributed by atoms with Crippen molar-refractivity contribution in [2.45, 2.75) is 49.8 Å². The number of benzene rings is 1. The summed E-state index contributed by atoms with van der Waals surface area (Å²) < 4.78 is 0. The minimum absolute atomic E-state index is 0.611. The molecule has 0 N–H and O–H groups in total. The van der Waals surface area contributed by atoms with Gasteiger partial charge >= 0.3 is 0 Å². The first-order chi connectivity index (χ1) is 9.40. The molecule has 1 aromatic carbocycles. The first-order valence-corrected chi connectivity index (χ1v) is 8.58. The smallest absolute Gasteiger partial charge is 0.0984 e. The number of thioether (sulfide) groups is 1. The third-order valence-electron chi connectivity index (χ3n) is 5.14. The Morgan fingerprint density at radius 2 is 1.68 bits per heavy atom. The summed E-state index contributed by atoms with van der Waals surface area (Å²) in [6.45, 7) is 0. The van der Waals surface area contributed by atoms with E-state index in [-0.39, 0.29) is 0 Å². The number of aliphatic imine (C=N–C) groups is 1. The van der Waals surface area contributed by atoms with E-state index in [0.29, 0.717) is 6.04 Å². The summed E-state index contributed by atoms with van der Waals surface area (Å²) in [6, 6.07) is 11.4. The predicted molar refractivity (Wildman–Crippen MR) is 82.8 cm³/mol. The van der Waals surface area contributed by atoms with E-state index in [9.17, 15) is 0 Å². The zero-order valence-corrected chi connectivity index (χ0v) is 12.1. The van der Waals surface area contributed by atoms with Gasteiger partial charge in [0, 0.05) is 10.8 Å². The molecule has 0 aromatic heterocycles. The Bertz CT molecular complexity index is 481. The molecule has 1 nitrogen and oxygen atoms in total. The second-order valence-corrected chi connectivity index (χ2v) is 7.53. The van der Waals surface area contributed by atoms with E-state index >= 15 is 0 Å². The molecule has 0 radical (unpaired) electrons. The number of fused-ring (bicyclic) bond motifs is 2. The standard InChI is InChI=1S/C17H21NS/c1-2-6-12(7-3-1)17-18-15-10-13-8-4-5-9-14(13)11-16(15)19-17/h1-3,6-7,13-16H,4-5,8-11H2/t13-,14-,15-,16+/m1/s1. The molecule has 19 heavy (non-hydrogen) atoms. The molecule has 4 rings (SSSR count). The van der Waals surface area contributed by atoms with Crippen molar-refractivity contribution in [3.05, 3.63) is 35.9 Å². The lowest BCUT2D eigenvalue weighted by atomic mass is 9.69. The van der Waals surface area contributed by atoms with Crippen molar-refractivity contribution in [1.82, 2.24) is 0 Å². The Hall–Kier alpha value is -0.760. The largest absolute Gasteiger partial charge is 0.273 e. The third kappa shape index (κ3) is 2.24. The van der Waals surface area contributed by atoms with E-state index in [0.717, 1.165) is 17.1 Å². The zero-order valence-electron chi connectivity index (χ0n) is 11.3. The van der Waals surface area contributed by atoms with Gasteiger partial charge < -0.3 is 0 Å². The van der Waals surface area contributed by atoms with E-state index < -0.39 is 0 Å². The molecule has 0 amide bonds. The van der Waals surface area contributed by atoms with Gasteiger partial charge in [0.15, 0.2) is 0 Å². The van der Waals surface area contributed by atoms with Gasteiger partial charge in [0.2, 0.25) is 0 Å². The van der Waals surface area contributed by atoms with Crippen molar-refractivity contribution in [2.24, 2.45) is 16.8 Å². The van der Waals surface area contributed by atoms with Crippen LogP contribution in [0.4, 0.5) is 0 Å². The molecule has 0 saturated heterocycles. The van der Waals surface area contributed by atoms with E-state index in [4.69, 9.17) is 4.99 Å². The van der Waals surface area contributed by atoms with Crippen LogP contribution in [0.15, 0.2) is 35.3 Å². The summed E-state index contributed by atoms with van der Waals surface area (Å²) in [5.41, 5.74) is 1.32. The summed E-state index contributed by atoms with van der Waals surface area (Å²) in [4.78, 5) is 5.05. The Morgan fingerprint density at radius 3 is 2.47 bits per heavy atom. The molecular formula is C17H21NS. The van der Waals surface area contributed by atoms with Gasteiger partial charge in [-0.15, -0.1) is 11.8 Å². The molecule has 3 aliphatic rings. The molecule has 2 fully saturated rings. The van der Waals surface area contributed by atoms with Gasteiger partial charge in [-0.05, 0) is 24.7 Å². The molecular weight excluding hydrogens is 250 g/mol. The van der Waals surface area contributed by atoms with Crippen LogP contribution in [0.5, 0.6) is 0 Å². The maximum atomic E-state index is 5.05. The van der Waals surface area contributed by atoms with Crippen LogP contribution in [-0.4, -0.2) is 16.3 Å². The average molecular weight is 271 g/mol. The molecule has 4 atom stereocenters. The van der Waals surface area contributed by atoms with Crippen LogP contribution >= 0.6 is 11.8 Å². The number of hydrogen-bond donors (Lipinski definition) is 0. The van der Waals surface area contributed by atoms with Crippen molar-refractivity contribution in [3.8, 4) is 0 Å². The highest BCUT2D eigenvalue weighted by Crippen LogP contribution is 2.48. The fourth-order valence-electron chi connectivity index (χ4n) is 4.13. The fourth-order valence-corrected chi connectivity index (χ4v) is 5.56. The van der Waals surface area contributed by atoms with Crippen LogP contribution in [0, 0.1) is 11.8 Å². The first kappa shape index (κ1) is 12.0. The average Bonchev–Trinajstić information content (AvgIpc) is 2.88. The normalized spacial score (nSPS) is 37.4. The lowest BCUT2D eigenvalue weighted by molar-refractivity contribution is 0.163. The van der Waals surface area contributed by atoms with Crippen molar-refractivity contribution in [2.75, 3.05) is 0 Å². The van der Waals surface area contributed by atoms with Crippen molar-refractivity contribution >= 4 is 16.8 Å². The summed E-state index contributed by atoms with van der Waals surface area (Å²) in [5, 5.41) is 2.07. The molecule has 100 valence electrons. The maximum Gasteiger partial charge on any atom is 0.0984 e. The third-order valence-corrected chi connectivity index (χ3v) is 6.52. The molecule has 0 spiro atoms. The molecule has 1 heterocycles. The molecule has 0 bridgehead atoms. The molecule has 1 aromatic rings. The van der Waals surface area contributed by atoms with Crippen molar-refractivity contribution < 1.29 is 0 Å².